The number of nitrogens with two attached hydrogens (primary N) is 1. The molecule has 1 amide bonds. The van der Waals surface area contributed by atoms with Crippen LogP contribution in [0.4, 0.5) is 0 Å². The molecule has 0 bridgehead atoms. The lowest BCUT2D eigenvalue weighted by Crippen LogP contribution is -2.44. The average molecular weight is 308 g/mol. The second kappa shape index (κ2) is 6.89. The molecule has 2 N–H and O–H groups in total. The second-order valence-electron chi connectivity index (χ2n) is 6.22. The van der Waals surface area contributed by atoms with Gasteiger partial charge in [-0.05, 0) is 36.6 Å². The van der Waals surface area contributed by atoms with E-state index in [-0.39, 0.29) is 24.0 Å². The van der Waals surface area contributed by atoms with E-state index in [1.165, 1.54) is 0 Å². The molecule has 0 heterocycles. The number of hydrogen-bond donors (Lipinski definition) is 1. The van der Waals surface area contributed by atoms with Crippen LogP contribution in [-0.4, -0.2) is 35.5 Å². The highest BCUT2D eigenvalue weighted by molar-refractivity contribution is 7.80. The molecule has 0 aliphatic rings. The van der Waals surface area contributed by atoms with Crippen LogP contribution in [0.2, 0.25) is 0 Å². The number of amides is 1. The van der Waals surface area contributed by atoms with E-state index in [2.05, 4.69) is 20.8 Å². The highest BCUT2D eigenvalue weighted by atomic mass is 32.1. The van der Waals surface area contributed by atoms with Crippen molar-refractivity contribution in [3.05, 3.63) is 29.8 Å². The van der Waals surface area contributed by atoms with Gasteiger partial charge in [-0.1, -0.05) is 33.0 Å². The zero-order valence-corrected chi connectivity index (χ0v) is 14.2. The van der Waals surface area contributed by atoms with Crippen molar-refractivity contribution in [2.45, 2.75) is 33.7 Å². The lowest BCUT2D eigenvalue weighted by atomic mass is 9.87. The minimum Gasteiger partial charge on any atom is -0.484 e. The van der Waals surface area contributed by atoms with Crippen LogP contribution in [0.5, 0.6) is 5.75 Å². The summed E-state index contributed by atoms with van der Waals surface area (Å²) >= 11 is 4.89. The zero-order valence-electron chi connectivity index (χ0n) is 13.3. The molecule has 4 nitrogen and oxygen atoms in total. The maximum absolute atomic E-state index is 12.1. The minimum atomic E-state index is -0.0455. The van der Waals surface area contributed by atoms with E-state index in [1.807, 2.05) is 6.92 Å². The first kappa shape index (κ1) is 17.4. The van der Waals surface area contributed by atoms with Gasteiger partial charge in [0.1, 0.15) is 10.7 Å². The second-order valence-corrected chi connectivity index (χ2v) is 6.66. The molecule has 1 atom stereocenters. The van der Waals surface area contributed by atoms with Crippen molar-refractivity contribution >= 4 is 23.1 Å². The molecular formula is C16H24N2O2S. The summed E-state index contributed by atoms with van der Waals surface area (Å²) in [5.41, 5.74) is 6.34. The molecule has 1 aromatic carbocycles. The van der Waals surface area contributed by atoms with Crippen molar-refractivity contribution < 1.29 is 9.53 Å². The van der Waals surface area contributed by atoms with Crippen LogP contribution in [0, 0.1) is 5.41 Å². The summed E-state index contributed by atoms with van der Waals surface area (Å²) in [4.78, 5) is 14.2. The lowest BCUT2D eigenvalue weighted by molar-refractivity contribution is -0.135. The summed E-state index contributed by atoms with van der Waals surface area (Å²) in [5, 5.41) is 0. The summed E-state index contributed by atoms with van der Waals surface area (Å²) in [6, 6.07) is 7.21. The Kier molecular flexibility index (Phi) is 5.72. The molecule has 0 fully saturated rings. The average Bonchev–Trinajstić information content (AvgIpc) is 2.42. The van der Waals surface area contributed by atoms with Gasteiger partial charge in [0.2, 0.25) is 0 Å². The smallest absolute Gasteiger partial charge is 0.260 e. The maximum Gasteiger partial charge on any atom is 0.260 e. The first-order valence-electron chi connectivity index (χ1n) is 6.91. The third kappa shape index (κ3) is 5.01. The van der Waals surface area contributed by atoms with Crippen molar-refractivity contribution in [1.29, 1.82) is 0 Å². The number of likely N-dealkylation sites (N-methyl/N-ethyl adjacent to an activating group) is 1. The number of benzene rings is 1. The highest BCUT2D eigenvalue weighted by Crippen LogP contribution is 2.23. The lowest BCUT2D eigenvalue weighted by Gasteiger charge is -2.35. The fourth-order valence-electron chi connectivity index (χ4n) is 1.76. The van der Waals surface area contributed by atoms with E-state index >= 15 is 0 Å². The third-order valence-electron chi connectivity index (χ3n) is 3.73. The standard InChI is InChI=1S/C16H24N2O2S/c1-11(16(2,3)4)18(5)14(19)10-20-13-8-6-12(7-9-13)15(17)21/h6-9,11H,10H2,1-5H3,(H2,17,21). The molecule has 0 aromatic heterocycles. The molecule has 1 aromatic rings. The van der Waals surface area contributed by atoms with Crippen molar-refractivity contribution in [3.8, 4) is 5.75 Å². The molecular weight excluding hydrogens is 284 g/mol. The monoisotopic (exact) mass is 308 g/mol. The number of hydrogen-bond acceptors (Lipinski definition) is 3. The number of nitrogens with zero attached hydrogens (tertiary/aromatic N) is 1. The number of ether oxygens (including phenoxy) is 1. The largest absolute Gasteiger partial charge is 0.484 e. The molecule has 0 aliphatic heterocycles. The Morgan fingerprint density at radius 2 is 1.86 bits per heavy atom. The summed E-state index contributed by atoms with van der Waals surface area (Å²) in [7, 11) is 1.80. The zero-order chi connectivity index (χ0) is 16.2. The van der Waals surface area contributed by atoms with E-state index < -0.39 is 0 Å². The number of carbonyl (C=O) groups excluding carboxylic acids is 1. The van der Waals surface area contributed by atoms with Gasteiger partial charge in [-0.3, -0.25) is 4.79 Å². The summed E-state index contributed by atoms with van der Waals surface area (Å²) < 4.78 is 5.51. The normalized spacial score (nSPS) is 12.6. The maximum atomic E-state index is 12.1. The topological polar surface area (TPSA) is 55.6 Å². The van der Waals surface area contributed by atoms with Crippen molar-refractivity contribution in [3.63, 3.8) is 0 Å². The van der Waals surface area contributed by atoms with E-state index in [1.54, 1.807) is 36.2 Å². The van der Waals surface area contributed by atoms with Crippen LogP contribution in [0.25, 0.3) is 0 Å². The van der Waals surface area contributed by atoms with E-state index in [9.17, 15) is 4.79 Å². The third-order valence-corrected chi connectivity index (χ3v) is 3.96. The fraction of sp³-hybridized carbons (Fsp3) is 0.500. The number of thiocarbonyl (C=S) groups is 1. The Morgan fingerprint density at radius 1 is 1.33 bits per heavy atom. The molecule has 116 valence electrons. The summed E-state index contributed by atoms with van der Waals surface area (Å²) in [5.74, 6) is 0.580. The van der Waals surface area contributed by atoms with Crippen LogP contribution in [0.15, 0.2) is 24.3 Å². The predicted molar refractivity (Wildman–Crippen MR) is 89.5 cm³/mol. The fourth-order valence-corrected chi connectivity index (χ4v) is 1.90. The molecule has 21 heavy (non-hydrogen) atoms. The Balaban J connectivity index is 2.58. The van der Waals surface area contributed by atoms with Gasteiger partial charge in [0.15, 0.2) is 6.61 Å². The molecule has 0 radical (unpaired) electrons. The van der Waals surface area contributed by atoms with Gasteiger partial charge in [0, 0.05) is 18.7 Å². The van der Waals surface area contributed by atoms with Gasteiger partial charge in [-0.15, -0.1) is 0 Å². The van der Waals surface area contributed by atoms with Gasteiger partial charge in [-0.25, -0.2) is 0 Å². The first-order valence-corrected chi connectivity index (χ1v) is 7.32. The van der Waals surface area contributed by atoms with E-state index in [4.69, 9.17) is 22.7 Å². The minimum absolute atomic E-state index is 0.0172. The van der Waals surface area contributed by atoms with E-state index in [0.29, 0.717) is 10.7 Å². The van der Waals surface area contributed by atoms with Gasteiger partial charge in [-0.2, -0.15) is 0 Å². The number of rotatable bonds is 5. The van der Waals surface area contributed by atoms with Crippen LogP contribution in [-0.2, 0) is 4.79 Å². The van der Waals surface area contributed by atoms with Crippen LogP contribution >= 0.6 is 12.2 Å². The van der Waals surface area contributed by atoms with Gasteiger partial charge in [0.25, 0.3) is 5.91 Å². The molecule has 0 spiro atoms. The Hall–Kier alpha value is -1.62. The summed E-state index contributed by atoms with van der Waals surface area (Å²) in [6.45, 7) is 8.38. The SMILES string of the molecule is CC(N(C)C(=O)COc1ccc(C(N)=S)cc1)C(C)(C)C. The summed E-state index contributed by atoms with van der Waals surface area (Å²) in [6.07, 6.45) is 0. The van der Waals surface area contributed by atoms with Gasteiger partial charge < -0.3 is 15.4 Å². The highest BCUT2D eigenvalue weighted by Gasteiger charge is 2.27. The number of carbonyl (C=O) groups is 1. The van der Waals surface area contributed by atoms with Crippen LogP contribution in [0.3, 0.4) is 0 Å². The first-order chi connectivity index (χ1) is 9.62. The molecule has 0 saturated heterocycles. The molecule has 0 saturated carbocycles. The Labute approximate surface area is 132 Å². The van der Waals surface area contributed by atoms with E-state index in [0.717, 1.165) is 5.56 Å². The van der Waals surface area contributed by atoms with Gasteiger partial charge >= 0.3 is 0 Å². The van der Waals surface area contributed by atoms with Crippen LogP contribution < -0.4 is 10.5 Å². The van der Waals surface area contributed by atoms with Crippen molar-refractivity contribution in [2.75, 3.05) is 13.7 Å². The van der Waals surface area contributed by atoms with Crippen molar-refractivity contribution in [2.24, 2.45) is 11.1 Å². The van der Waals surface area contributed by atoms with Crippen molar-refractivity contribution in [1.82, 2.24) is 4.90 Å². The van der Waals surface area contributed by atoms with Gasteiger partial charge in [0.05, 0.1) is 0 Å². The molecule has 1 unspecified atom stereocenters. The quantitative estimate of drug-likeness (QED) is 0.850. The predicted octanol–water partition coefficient (Wildman–Crippen LogP) is 2.59. The molecule has 1 rings (SSSR count). The van der Waals surface area contributed by atoms with Crippen LogP contribution in [0.1, 0.15) is 33.3 Å². The molecule has 5 heteroatoms. The Bertz CT molecular complexity index is 506. The molecule has 0 aliphatic carbocycles. The Morgan fingerprint density at radius 3 is 2.29 bits per heavy atom.